The monoisotopic (exact) mass is 339 g/mol. The molecule has 1 atom stereocenters. The summed E-state index contributed by atoms with van der Waals surface area (Å²) in [5.74, 6) is -0.339. The molecule has 2 rings (SSSR count). The van der Waals surface area contributed by atoms with Crippen molar-refractivity contribution in [1.29, 1.82) is 0 Å². The van der Waals surface area contributed by atoms with Crippen LogP contribution < -0.4 is 5.32 Å². The predicted molar refractivity (Wildman–Crippen MR) is 98.8 cm³/mol. The van der Waals surface area contributed by atoms with Crippen molar-refractivity contribution in [2.75, 3.05) is 6.54 Å². The van der Waals surface area contributed by atoms with Gasteiger partial charge in [-0.25, -0.2) is 4.79 Å². The molecule has 0 fully saturated rings. The van der Waals surface area contributed by atoms with Crippen molar-refractivity contribution in [3.8, 4) is 0 Å². The third-order valence-corrected chi connectivity index (χ3v) is 4.42. The molecule has 0 aliphatic rings. The molecule has 1 unspecified atom stereocenters. The number of carboxylic acids is 1. The number of aryl methyl sites for hydroxylation is 1. The van der Waals surface area contributed by atoms with Gasteiger partial charge >= 0.3 is 5.97 Å². The van der Waals surface area contributed by atoms with Crippen LogP contribution in [0.5, 0.6) is 0 Å². The second kappa shape index (κ2) is 9.02. The summed E-state index contributed by atoms with van der Waals surface area (Å²) in [5.41, 5.74) is 2.17. The van der Waals surface area contributed by atoms with Gasteiger partial charge in [0.25, 0.3) is 0 Å². The lowest BCUT2D eigenvalue weighted by Crippen LogP contribution is -2.30. The van der Waals surface area contributed by atoms with E-state index >= 15 is 0 Å². The van der Waals surface area contributed by atoms with Crippen molar-refractivity contribution in [3.05, 3.63) is 71.3 Å². The summed E-state index contributed by atoms with van der Waals surface area (Å²) < 4.78 is 0. The minimum absolute atomic E-state index is 0.0539. The van der Waals surface area contributed by atoms with Gasteiger partial charge in [0.05, 0.1) is 5.56 Å². The standard InChI is InChI=1S/C21H25NO3/c1-15(2)19(16-8-4-3-5-9-16)14-22-20(23)13-12-17-10-6-7-11-18(17)21(24)25/h3-11,15,19H,12-14H2,1-2H3,(H,22,23)(H,24,25). The smallest absolute Gasteiger partial charge is 0.335 e. The Morgan fingerprint density at radius 2 is 1.64 bits per heavy atom. The molecule has 0 saturated carbocycles. The van der Waals surface area contributed by atoms with E-state index in [0.29, 0.717) is 24.4 Å². The molecule has 1 amide bonds. The number of nitrogens with one attached hydrogen (secondary N) is 1. The van der Waals surface area contributed by atoms with Gasteiger partial charge < -0.3 is 10.4 Å². The van der Waals surface area contributed by atoms with Gasteiger partial charge in [0.15, 0.2) is 0 Å². The van der Waals surface area contributed by atoms with E-state index in [1.54, 1.807) is 24.3 Å². The van der Waals surface area contributed by atoms with Crippen LogP contribution >= 0.6 is 0 Å². The Hall–Kier alpha value is -2.62. The maximum absolute atomic E-state index is 12.2. The Bertz CT molecular complexity index is 710. The van der Waals surface area contributed by atoms with Gasteiger partial charge in [-0.1, -0.05) is 62.4 Å². The number of aromatic carboxylic acids is 1. The number of carbonyl (C=O) groups is 2. The van der Waals surface area contributed by atoms with E-state index in [-0.39, 0.29) is 23.8 Å². The van der Waals surface area contributed by atoms with Crippen LogP contribution in [0.3, 0.4) is 0 Å². The van der Waals surface area contributed by atoms with Crippen LogP contribution in [0, 0.1) is 5.92 Å². The highest BCUT2D eigenvalue weighted by Crippen LogP contribution is 2.23. The van der Waals surface area contributed by atoms with Crippen molar-refractivity contribution < 1.29 is 14.7 Å². The van der Waals surface area contributed by atoms with Gasteiger partial charge in [0.1, 0.15) is 0 Å². The molecule has 0 aromatic heterocycles. The summed E-state index contributed by atoms with van der Waals surface area (Å²) in [4.78, 5) is 23.4. The number of carboxylic acid groups (broad SMARTS) is 1. The van der Waals surface area contributed by atoms with Crippen molar-refractivity contribution in [2.45, 2.75) is 32.6 Å². The molecule has 0 aliphatic carbocycles. The van der Waals surface area contributed by atoms with Crippen LogP contribution in [-0.4, -0.2) is 23.5 Å². The molecule has 0 saturated heterocycles. The Morgan fingerprint density at radius 3 is 2.28 bits per heavy atom. The molecule has 0 heterocycles. The number of carbonyl (C=O) groups excluding carboxylic acids is 1. The maximum atomic E-state index is 12.2. The molecular formula is C21H25NO3. The van der Waals surface area contributed by atoms with Gasteiger partial charge in [-0.15, -0.1) is 0 Å². The lowest BCUT2D eigenvalue weighted by atomic mass is 9.88. The summed E-state index contributed by atoms with van der Waals surface area (Å²) >= 11 is 0. The Kier molecular flexibility index (Phi) is 6.75. The van der Waals surface area contributed by atoms with Crippen LogP contribution in [0.25, 0.3) is 0 Å². The van der Waals surface area contributed by atoms with E-state index in [0.717, 1.165) is 0 Å². The molecule has 0 radical (unpaired) electrons. The van der Waals surface area contributed by atoms with Crippen molar-refractivity contribution in [3.63, 3.8) is 0 Å². The Morgan fingerprint density at radius 1 is 1.00 bits per heavy atom. The minimum Gasteiger partial charge on any atom is -0.478 e. The highest BCUT2D eigenvalue weighted by molar-refractivity contribution is 5.89. The highest BCUT2D eigenvalue weighted by atomic mass is 16.4. The zero-order valence-corrected chi connectivity index (χ0v) is 14.7. The van der Waals surface area contributed by atoms with Gasteiger partial charge in [-0.05, 0) is 29.5 Å². The van der Waals surface area contributed by atoms with E-state index in [1.807, 2.05) is 18.2 Å². The van der Waals surface area contributed by atoms with Gasteiger partial charge in [-0.3, -0.25) is 4.79 Å². The lowest BCUT2D eigenvalue weighted by molar-refractivity contribution is -0.121. The first kappa shape index (κ1) is 18.7. The van der Waals surface area contributed by atoms with E-state index in [9.17, 15) is 14.7 Å². The average molecular weight is 339 g/mol. The molecule has 2 aromatic rings. The molecule has 2 N–H and O–H groups in total. The Labute approximate surface area is 148 Å². The summed E-state index contributed by atoms with van der Waals surface area (Å²) in [6.45, 7) is 4.88. The van der Waals surface area contributed by atoms with Crippen molar-refractivity contribution in [2.24, 2.45) is 5.92 Å². The highest BCUT2D eigenvalue weighted by Gasteiger charge is 2.17. The molecule has 0 spiro atoms. The van der Waals surface area contributed by atoms with E-state index in [2.05, 4.69) is 31.3 Å². The van der Waals surface area contributed by atoms with Crippen molar-refractivity contribution in [1.82, 2.24) is 5.32 Å². The average Bonchev–Trinajstić information content (AvgIpc) is 2.61. The third-order valence-electron chi connectivity index (χ3n) is 4.42. The minimum atomic E-state index is -0.958. The largest absolute Gasteiger partial charge is 0.478 e. The molecule has 132 valence electrons. The fraction of sp³-hybridized carbons (Fsp3) is 0.333. The second-order valence-electron chi connectivity index (χ2n) is 6.53. The SMILES string of the molecule is CC(C)C(CNC(=O)CCc1ccccc1C(=O)O)c1ccccc1. The van der Waals surface area contributed by atoms with E-state index in [1.165, 1.54) is 5.56 Å². The number of benzene rings is 2. The first-order chi connectivity index (χ1) is 12.0. The zero-order chi connectivity index (χ0) is 18.2. The van der Waals surface area contributed by atoms with Gasteiger partial charge in [-0.2, -0.15) is 0 Å². The molecule has 0 bridgehead atoms. The summed E-state index contributed by atoms with van der Waals surface area (Å²) in [7, 11) is 0. The molecule has 4 heteroatoms. The topological polar surface area (TPSA) is 66.4 Å². The molecule has 0 aliphatic heterocycles. The summed E-state index contributed by atoms with van der Waals surface area (Å²) in [5, 5.41) is 12.2. The molecular weight excluding hydrogens is 314 g/mol. The molecule has 25 heavy (non-hydrogen) atoms. The van der Waals surface area contributed by atoms with Crippen LogP contribution in [0.4, 0.5) is 0 Å². The lowest BCUT2D eigenvalue weighted by Gasteiger charge is -2.22. The second-order valence-corrected chi connectivity index (χ2v) is 6.53. The Balaban J connectivity index is 1.91. The quantitative estimate of drug-likeness (QED) is 0.767. The van der Waals surface area contributed by atoms with Crippen LogP contribution in [-0.2, 0) is 11.2 Å². The van der Waals surface area contributed by atoms with Gasteiger partial charge in [0, 0.05) is 18.9 Å². The number of hydrogen-bond acceptors (Lipinski definition) is 2. The number of hydrogen-bond donors (Lipinski definition) is 2. The summed E-state index contributed by atoms with van der Waals surface area (Å²) in [6, 6.07) is 17.0. The van der Waals surface area contributed by atoms with Crippen LogP contribution in [0.2, 0.25) is 0 Å². The fourth-order valence-corrected chi connectivity index (χ4v) is 2.95. The van der Waals surface area contributed by atoms with Crippen LogP contribution in [0.1, 0.15) is 47.7 Å². The van der Waals surface area contributed by atoms with Crippen LogP contribution in [0.15, 0.2) is 54.6 Å². The van der Waals surface area contributed by atoms with Gasteiger partial charge in [0.2, 0.25) is 5.91 Å². The fourth-order valence-electron chi connectivity index (χ4n) is 2.95. The predicted octanol–water partition coefficient (Wildman–Crippen LogP) is 3.87. The third kappa shape index (κ3) is 5.45. The zero-order valence-electron chi connectivity index (χ0n) is 14.7. The number of amides is 1. The molecule has 2 aromatic carbocycles. The maximum Gasteiger partial charge on any atom is 0.335 e. The number of rotatable bonds is 8. The van der Waals surface area contributed by atoms with Crippen molar-refractivity contribution >= 4 is 11.9 Å². The molecule has 4 nitrogen and oxygen atoms in total. The van der Waals surface area contributed by atoms with E-state index in [4.69, 9.17) is 0 Å². The first-order valence-corrected chi connectivity index (χ1v) is 8.62. The first-order valence-electron chi connectivity index (χ1n) is 8.62. The summed E-state index contributed by atoms with van der Waals surface area (Å²) in [6.07, 6.45) is 0.704. The van der Waals surface area contributed by atoms with E-state index < -0.39 is 5.97 Å². The normalized spacial score (nSPS) is 12.0.